The van der Waals surface area contributed by atoms with Gasteiger partial charge in [0.05, 0.1) is 12.5 Å². The molecule has 1 heterocycles. The van der Waals surface area contributed by atoms with E-state index in [9.17, 15) is 4.79 Å². The van der Waals surface area contributed by atoms with E-state index in [-0.39, 0.29) is 5.92 Å². The van der Waals surface area contributed by atoms with Gasteiger partial charge in [0.25, 0.3) is 0 Å². The monoisotopic (exact) mass is 253 g/mol. The summed E-state index contributed by atoms with van der Waals surface area (Å²) in [6.07, 6.45) is 4.05. The molecular formula is C12H19N3O3. The second kappa shape index (κ2) is 5.95. The predicted octanol–water partition coefficient (Wildman–Crippen LogP) is 1.36. The highest BCUT2D eigenvalue weighted by atomic mass is 16.5. The second-order valence-electron chi connectivity index (χ2n) is 4.73. The fourth-order valence-electron chi connectivity index (χ4n) is 2.28. The van der Waals surface area contributed by atoms with Crippen molar-refractivity contribution in [3.8, 4) is 0 Å². The van der Waals surface area contributed by atoms with Crippen molar-refractivity contribution in [3.05, 3.63) is 11.7 Å². The van der Waals surface area contributed by atoms with Gasteiger partial charge < -0.3 is 14.9 Å². The molecule has 0 spiro atoms. The first kappa shape index (κ1) is 13.0. The molecule has 0 bridgehead atoms. The molecule has 1 aliphatic carbocycles. The van der Waals surface area contributed by atoms with E-state index in [4.69, 9.17) is 9.63 Å². The average molecular weight is 253 g/mol. The lowest BCUT2D eigenvalue weighted by Crippen LogP contribution is -2.34. The highest BCUT2D eigenvalue weighted by Crippen LogP contribution is 2.24. The van der Waals surface area contributed by atoms with Crippen LogP contribution in [-0.2, 0) is 17.8 Å². The standard InChI is InChI=1S/C12H19N3O3/c1-2-10-14-11(18-15-10)7-13-9-5-3-8(4-6-9)12(16)17/h8-9,13H,2-7H2,1H3,(H,16,17). The minimum absolute atomic E-state index is 0.168. The van der Waals surface area contributed by atoms with Crippen molar-refractivity contribution < 1.29 is 14.4 Å². The van der Waals surface area contributed by atoms with E-state index in [1.54, 1.807) is 0 Å². The first-order chi connectivity index (χ1) is 8.69. The SMILES string of the molecule is CCc1noc(CNC2CCC(C(=O)O)CC2)n1. The zero-order valence-corrected chi connectivity index (χ0v) is 10.6. The van der Waals surface area contributed by atoms with Gasteiger partial charge in [0.1, 0.15) is 0 Å². The third-order valence-corrected chi connectivity index (χ3v) is 3.44. The van der Waals surface area contributed by atoms with Crippen LogP contribution in [0.15, 0.2) is 4.52 Å². The Bertz CT molecular complexity index is 397. The van der Waals surface area contributed by atoms with Crippen molar-refractivity contribution in [1.82, 2.24) is 15.5 Å². The largest absolute Gasteiger partial charge is 0.481 e. The van der Waals surface area contributed by atoms with Gasteiger partial charge in [-0.2, -0.15) is 4.98 Å². The number of nitrogens with one attached hydrogen (secondary N) is 1. The Morgan fingerprint density at radius 3 is 2.72 bits per heavy atom. The molecule has 1 aromatic rings. The van der Waals surface area contributed by atoms with Crippen LogP contribution in [0.2, 0.25) is 0 Å². The number of carbonyl (C=O) groups is 1. The Hall–Kier alpha value is -1.43. The van der Waals surface area contributed by atoms with Crippen LogP contribution in [0, 0.1) is 5.92 Å². The number of aromatic nitrogens is 2. The summed E-state index contributed by atoms with van der Waals surface area (Å²) in [6.45, 7) is 2.55. The Balaban J connectivity index is 1.73. The molecule has 1 saturated carbocycles. The molecule has 0 aliphatic heterocycles. The van der Waals surface area contributed by atoms with Gasteiger partial charge in [0.15, 0.2) is 5.82 Å². The molecule has 6 heteroatoms. The van der Waals surface area contributed by atoms with E-state index in [1.807, 2.05) is 6.92 Å². The molecule has 0 unspecified atom stereocenters. The molecule has 1 aliphatic rings. The van der Waals surface area contributed by atoms with Crippen LogP contribution >= 0.6 is 0 Å². The number of hydrogen-bond donors (Lipinski definition) is 2. The number of hydrogen-bond acceptors (Lipinski definition) is 5. The van der Waals surface area contributed by atoms with E-state index in [0.717, 1.165) is 37.9 Å². The molecule has 18 heavy (non-hydrogen) atoms. The van der Waals surface area contributed by atoms with E-state index >= 15 is 0 Å². The zero-order chi connectivity index (χ0) is 13.0. The normalized spacial score (nSPS) is 24.1. The Morgan fingerprint density at radius 1 is 1.44 bits per heavy atom. The van der Waals surface area contributed by atoms with Gasteiger partial charge in [-0.1, -0.05) is 12.1 Å². The van der Waals surface area contributed by atoms with E-state index in [2.05, 4.69) is 15.5 Å². The van der Waals surface area contributed by atoms with Gasteiger partial charge in [-0.15, -0.1) is 0 Å². The quantitative estimate of drug-likeness (QED) is 0.823. The highest BCUT2D eigenvalue weighted by Gasteiger charge is 2.25. The van der Waals surface area contributed by atoms with Gasteiger partial charge in [0.2, 0.25) is 5.89 Å². The number of aryl methyl sites for hydroxylation is 1. The number of rotatable bonds is 5. The van der Waals surface area contributed by atoms with Crippen molar-refractivity contribution in [3.63, 3.8) is 0 Å². The van der Waals surface area contributed by atoms with E-state index in [0.29, 0.717) is 18.5 Å². The zero-order valence-electron chi connectivity index (χ0n) is 10.6. The van der Waals surface area contributed by atoms with Crippen molar-refractivity contribution >= 4 is 5.97 Å². The van der Waals surface area contributed by atoms with Gasteiger partial charge in [-0.05, 0) is 25.7 Å². The number of aliphatic carboxylic acids is 1. The summed E-state index contributed by atoms with van der Waals surface area (Å²) in [7, 11) is 0. The van der Waals surface area contributed by atoms with Crippen LogP contribution in [0.5, 0.6) is 0 Å². The maximum absolute atomic E-state index is 10.8. The van der Waals surface area contributed by atoms with Gasteiger partial charge in [-0.3, -0.25) is 4.79 Å². The average Bonchev–Trinajstić information content (AvgIpc) is 2.85. The third-order valence-electron chi connectivity index (χ3n) is 3.44. The number of nitrogens with zero attached hydrogens (tertiary/aromatic N) is 2. The van der Waals surface area contributed by atoms with Crippen LogP contribution in [0.1, 0.15) is 44.3 Å². The van der Waals surface area contributed by atoms with Gasteiger partial charge >= 0.3 is 5.97 Å². The molecule has 0 atom stereocenters. The number of carboxylic acids is 1. The molecule has 0 amide bonds. The minimum atomic E-state index is -0.669. The van der Waals surface area contributed by atoms with Crippen LogP contribution in [0.3, 0.4) is 0 Å². The van der Waals surface area contributed by atoms with Crippen LogP contribution in [0.4, 0.5) is 0 Å². The lowest BCUT2D eigenvalue weighted by atomic mass is 9.86. The summed E-state index contributed by atoms with van der Waals surface area (Å²) in [5, 5.41) is 16.1. The van der Waals surface area contributed by atoms with Gasteiger partial charge in [-0.25, -0.2) is 0 Å². The van der Waals surface area contributed by atoms with Gasteiger partial charge in [0, 0.05) is 12.5 Å². The molecule has 0 aromatic carbocycles. The molecular weight excluding hydrogens is 234 g/mol. The van der Waals surface area contributed by atoms with Crippen molar-refractivity contribution in [2.24, 2.45) is 5.92 Å². The minimum Gasteiger partial charge on any atom is -0.481 e. The van der Waals surface area contributed by atoms with Crippen molar-refractivity contribution in [2.45, 2.75) is 51.6 Å². The number of carboxylic acid groups (broad SMARTS) is 1. The Kier molecular flexibility index (Phi) is 4.30. The fraction of sp³-hybridized carbons (Fsp3) is 0.750. The molecule has 100 valence electrons. The summed E-state index contributed by atoms with van der Waals surface area (Å²) in [6, 6.07) is 0.359. The second-order valence-corrected chi connectivity index (χ2v) is 4.73. The van der Waals surface area contributed by atoms with E-state index < -0.39 is 5.97 Å². The van der Waals surface area contributed by atoms with Crippen molar-refractivity contribution in [1.29, 1.82) is 0 Å². The molecule has 0 radical (unpaired) electrons. The Morgan fingerprint density at radius 2 is 2.17 bits per heavy atom. The van der Waals surface area contributed by atoms with Crippen LogP contribution in [0.25, 0.3) is 0 Å². The maximum atomic E-state index is 10.8. The summed E-state index contributed by atoms with van der Waals surface area (Å²) < 4.78 is 5.09. The first-order valence-corrected chi connectivity index (χ1v) is 6.46. The molecule has 0 saturated heterocycles. The van der Waals surface area contributed by atoms with Crippen LogP contribution < -0.4 is 5.32 Å². The topological polar surface area (TPSA) is 88.2 Å². The third kappa shape index (κ3) is 3.29. The Labute approximate surface area is 106 Å². The van der Waals surface area contributed by atoms with E-state index in [1.165, 1.54) is 0 Å². The molecule has 1 aromatic heterocycles. The lowest BCUT2D eigenvalue weighted by molar-refractivity contribution is -0.142. The molecule has 6 nitrogen and oxygen atoms in total. The molecule has 2 N–H and O–H groups in total. The fourth-order valence-corrected chi connectivity index (χ4v) is 2.28. The van der Waals surface area contributed by atoms with Crippen molar-refractivity contribution in [2.75, 3.05) is 0 Å². The maximum Gasteiger partial charge on any atom is 0.306 e. The van der Waals surface area contributed by atoms with Crippen LogP contribution in [-0.4, -0.2) is 27.3 Å². The predicted molar refractivity (Wildman–Crippen MR) is 63.9 cm³/mol. The summed E-state index contributed by atoms with van der Waals surface area (Å²) >= 11 is 0. The summed E-state index contributed by atoms with van der Waals surface area (Å²) in [4.78, 5) is 15.0. The molecule has 1 fully saturated rings. The molecule has 2 rings (SSSR count). The highest BCUT2D eigenvalue weighted by molar-refractivity contribution is 5.70. The summed E-state index contributed by atoms with van der Waals surface area (Å²) in [5.41, 5.74) is 0. The first-order valence-electron chi connectivity index (χ1n) is 6.46. The smallest absolute Gasteiger partial charge is 0.306 e. The summed E-state index contributed by atoms with van der Waals surface area (Å²) in [5.74, 6) is 0.490. The lowest BCUT2D eigenvalue weighted by Gasteiger charge is -2.26.